The van der Waals surface area contributed by atoms with E-state index in [0.29, 0.717) is 17.7 Å². The van der Waals surface area contributed by atoms with E-state index in [4.69, 9.17) is 9.47 Å². The third-order valence-electron chi connectivity index (χ3n) is 5.61. The molecule has 9 heteroatoms. The number of nitrogens with zero attached hydrogens (tertiary/aromatic N) is 1. The fourth-order valence-electron chi connectivity index (χ4n) is 4.10. The highest BCUT2D eigenvalue weighted by Crippen LogP contribution is 2.43. The quantitative estimate of drug-likeness (QED) is 0.519. The monoisotopic (exact) mass is 431 g/mol. The number of hydrogen-bond donors (Lipinski definition) is 0. The Balaban J connectivity index is 1.66. The third-order valence-corrected chi connectivity index (χ3v) is 6.72. The Morgan fingerprint density at radius 3 is 2.50 bits per heavy atom. The van der Waals surface area contributed by atoms with Crippen molar-refractivity contribution >= 4 is 21.3 Å². The number of benzene rings is 2. The highest BCUT2D eigenvalue weighted by molar-refractivity contribution is 7.90. The van der Waals surface area contributed by atoms with Gasteiger partial charge in [0, 0.05) is 18.4 Å². The van der Waals surface area contributed by atoms with Crippen molar-refractivity contribution in [1.29, 1.82) is 0 Å². The van der Waals surface area contributed by atoms with Gasteiger partial charge in [0.1, 0.15) is 17.1 Å². The first-order valence-corrected chi connectivity index (χ1v) is 11.6. The first kappa shape index (κ1) is 20.3. The second kappa shape index (κ2) is 7.39. The number of rotatable bonds is 4. The summed E-state index contributed by atoms with van der Waals surface area (Å²) in [4.78, 5) is 23.2. The Morgan fingerprint density at radius 1 is 1.10 bits per heavy atom. The van der Waals surface area contributed by atoms with E-state index in [1.54, 1.807) is 18.2 Å². The number of ketones is 1. The predicted molar refractivity (Wildman–Crippen MR) is 108 cm³/mol. The predicted octanol–water partition coefficient (Wildman–Crippen LogP) is 4.46. The van der Waals surface area contributed by atoms with Crippen LogP contribution in [-0.2, 0) is 9.84 Å². The average Bonchev–Trinajstić information content (AvgIpc) is 2.67. The number of hydrogen-bond acceptors (Lipinski definition) is 7. The smallest absolute Gasteiger partial charge is 0.312 e. The summed E-state index contributed by atoms with van der Waals surface area (Å²) in [5, 5.41) is 11.4. The third kappa shape index (κ3) is 3.89. The van der Waals surface area contributed by atoms with Crippen molar-refractivity contribution in [3.8, 4) is 17.2 Å². The summed E-state index contributed by atoms with van der Waals surface area (Å²) in [6.07, 6.45) is 6.13. The van der Waals surface area contributed by atoms with Crippen molar-refractivity contribution in [2.75, 3.05) is 6.26 Å². The molecule has 30 heavy (non-hydrogen) atoms. The van der Waals surface area contributed by atoms with Gasteiger partial charge in [-0.2, -0.15) is 0 Å². The molecule has 0 N–H and O–H groups in total. The molecule has 4 rings (SSSR count). The second-order valence-corrected chi connectivity index (χ2v) is 9.88. The summed E-state index contributed by atoms with van der Waals surface area (Å²) in [5.74, 6) is 0.612. The lowest BCUT2D eigenvalue weighted by Crippen LogP contribution is -2.43. The molecule has 0 aromatic heterocycles. The molecule has 158 valence electrons. The van der Waals surface area contributed by atoms with E-state index in [1.807, 2.05) is 0 Å². The maximum atomic E-state index is 12.6. The minimum atomic E-state index is -3.60. The van der Waals surface area contributed by atoms with E-state index >= 15 is 0 Å². The summed E-state index contributed by atoms with van der Waals surface area (Å²) >= 11 is 0. The fourth-order valence-corrected chi connectivity index (χ4v) is 4.74. The van der Waals surface area contributed by atoms with Crippen LogP contribution in [0.4, 0.5) is 5.69 Å². The average molecular weight is 431 g/mol. The van der Waals surface area contributed by atoms with Crippen molar-refractivity contribution in [3.63, 3.8) is 0 Å². The molecule has 8 nitrogen and oxygen atoms in total. The molecule has 2 aliphatic rings. The highest BCUT2D eigenvalue weighted by Gasteiger charge is 2.41. The Morgan fingerprint density at radius 2 is 1.83 bits per heavy atom. The topological polar surface area (TPSA) is 113 Å². The molecule has 1 aliphatic carbocycles. The zero-order valence-corrected chi connectivity index (χ0v) is 17.2. The van der Waals surface area contributed by atoms with E-state index in [-0.39, 0.29) is 22.2 Å². The molecule has 2 aromatic rings. The maximum absolute atomic E-state index is 12.6. The number of Topliss-reactive ketones (excluding diaryl/α,β-unsaturated/α-hetero) is 1. The van der Waals surface area contributed by atoms with E-state index in [0.717, 1.165) is 44.4 Å². The molecular formula is C21H21NO7S. The SMILES string of the molecule is CS(=O)(=O)c1ccc(Oc2ccc3c(c2)OC2(CCCCC2)CC3=O)c([N+](=O)[O-])c1. The summed E-state index contributed by atoms with van der Waals surface area (Å²) in [5.41, 5.74) is -0.471. The lowest BCUT2D eigenvalue weighted by molar-refractivity contribution is -0.385. The van der Waals surface area contributed by atoms with Crippen molar-refractivity contribution in [3.05, 3.63) is 52.1 Å². The van der Waals surface area contributed by atoms with Crippen LogP contribution in [0.15, 0.2) is 41.3 Å². The van der Waals surface area contributed by atoms with Crippen molar-refractivity contribution in [1.82, 2.24) is 0 Å². The lowest BCUT2D eigenvalue weighted by Gasteiger charge is -2.40. The molecule has 2 aromatic carbocycles. The molecule has 1 fully saturated rings. The van der Waals surface area contributed by atoms with Crippen LogP contribution in [0.2, 0.25) is 0 Å². The van der Waals surface area contributed by atoms with E-state index in [9.17, 15) is 23.3 Å². The number of sulfone groups is 1. The van der Waals surface area contributed by atoms with Crippen molar-refractivity contribution in [2.24, 2.45) is 0 Å². The minimum Gasteiger partial charge on any atom is -0.486 e. The zero-order chi connectivity index (χ0) is 21.5. The zero-order valence-electron chi connectivity index (χ0n) is 16.4. The summed E-state index contributed by atoms with van der Waals surface area (Å²) in [7, 11) is -3.60. The van der Waals surface area contributed by atoms with Gasteiger partial charge in [0.25, 0.3) is 0 Å². The van der Waals surface area contributed by atoms with Crippen LogP contribution < -0.4 is 9.47 Å². The van der Waals surface area contributed by atoms with E-state index < -0.39 is 26.0 Å². The molecule has 1 aliphatic heterocycles. The minimum absolute atomic E-state index is 0.0215. The molecule has 0 saturated heterocycles. The Kier molecular flexibility index (Phi) is 5.01. The van der Waals surface area contributed by atoms with Crippen LogP contribution in [-0.4, -0.2) is 31.0 Å². The number of carbonyl (C=O) groups is 1. The van der Waals surface area contributed by atoms with Crippen molar-refractivity contribution in [2.45, 2.75) is 49.0 Å². The van der Waals surface area contributed by atoms with Gasteiger partial charge in [-0.15, -0.1) is 0 Å². The van der Waals surface area contributed by atoms with Gasteiger partial charge in [0.15, 0.2) is 15.6 Å². The highest BCUT2D eigenvalue weighted by atomic mass is 32.2. The van der Waals surface area contributed by atoms with E-state index in [1.165, 1.54) is 12.1 Å². The van der Waals surface area contributed by atoms with E-state index in [2.05, 4.69) is 0 Å². The molecule has 0 radical (unpaired) electrons. The van der Waals surface area contributed by atoms with Gasteiger partial charge in [-0.3, -0.25) is 14.9 Å². The molecule has 0 unspecified atom stereocenters. The van der Waals surface area contributed by atoms with Gasteiger partial charge < -0.3 is 9.47 Å². The maximum Gasteiger partial charge on any atom is 0.312 e. The summed E-state index contributed by atoms with van der Waals surface area (Å²) < 4.78 is 35.3. The van der Waals surface area contributed by atoms with Gasteiger partial charge in [0.05, 0.1) is 21.8 Å². The molecule has 1 saturated carbocycles. The first-order valence-electron chi connectivity index (χ1n) is 9.70. The number of fused-ring (bicyclic) bond motifs is 1. The second-order valence-electron chi connectivity index (χ2n) is 7.86. The number of ether oxygens (including phenoxy) is 2. The molecule has 1 spiro atoms. The van der Waals surface area contributed by atoms with Crippen LogP contribution in [0.5, 0.6) is 17.2 Å². The Hall–Kier alpha value is -2.94. The van der Waals surface area contributed by atoms with Crippen LogP contribution in [0, 0.1) is 10.1 Å². The van der Waals surface area contributed by atoms with Crippen LogP contribution in [0.3, 0.4) is 0 Å². The summed E-state index contributed by atoms with van der Waals surface area (Å²) in [6.45, 7) is 0. The van der Waals surface area contributed by atoms with Gasteiger partial charge >= 0.3 is 5.69 Å². The van der Waals surface area contributed by atoms with Gasteiger partial charge in [-0.25, -0.2) is 8.42 Å². The summed E-state index contributed by atoms with van der Waals surface area (Å²) in [6, 6.07) is 8.19. The van der Waals surface area contributed by atoms with Gasteiger partial charge in [0.2, 0.25) is 5.75 Å². The van der Waals surface area contributed by atoms with Crippen LogP contribution >= 0.6 is 0 Å². The van der Waals surface area contributed by atoms with Gasteiger partial charge in [-0.05, 0) is 49.9 Å². The van der Waals surface area contributed by atoms with Crippen molar-refractivity contribution < 1.29 is 27.6 Å². The normalized spacial score (nSPS) is 17.8. The lowest BCUT2D eigenvalue weighted by atomic mass is 9.78. The molecule has 1 heterocycles. The molecule has 0 bridgehead atoms. The first-order chi connectivity index (χ1) is 14.2. The number of nitro benzene ring substituents is 1. The van der Waals surface area contributed by atoms with Crippen LogP contribution in [0.25, 0.3) is 0 Å². The van der Waals surface area contributed by atoms with Gasteiger partial charge in [-0.1, -0.05) is 6.42 Å². The van der Waals surface area contributed by atoms with Crippen LogP contribution in [0.1, 0.15) is 48.9 Å². The molecule has 0 amide bonds. The number of nitro groups is 1. The Labute approximate surface area is 173 Å². The standard InChI is InChI=1S/C21H21NO7S/c1-30(26,27)15-6-8-19(17(12-15)22(24)25)28-14-5-7-16-18(23)13-21(29-20(16)11-14)9-3-2-4-10-21/h5-8,11-12H,2-4,9-10,13H2,1H3. The molecular weight excluding hydrogens is 410 g/mol. The number of carbonyl (C=O) groups excluding carboxylic acids is 1. The fraction of sp³-hybridized carbons (Fsp3) is 0.381. The largest absolute Gasteiger partial charge is 0.486 e. The Bertz CT molecular complexity index is 1130. The molecule has 0 atom stereocenters.